The van der Waals surface area contributed by atoms with Crippen LogP contribution in [0.4, 0.5) is 13.2 Å². The first-order valence-corrected chi connectivity index (χ1v) is 12.5. The fourth-order valence-electron chi connectivity index (χ4n) is 5.29. The number of nitrogens with zero attached hydrogens (tertiary/aromatic N) is 4. The minimum absolute atomic E-state index is 0.0162. The lowest BCUT2D eigenvalue weighted by Crippen LogP contribution is -2.51. The Labute approximate surface area is 216 Å². The molecule has 37 heavy (non-hydrogen) atoms. The predicted molar refractivity (Wildman–Crippen MR) is 132 cm³/mol. The van der Waals surface area contributed by atoms with Gasteiger partial charge in [-0.25, -0.2) is 13.2 Å². The van der Waals surface area contributed by atoms with Crippen molar-refractivity contribution in [2.24, 2.45) is 0 Å². The van der Waals surface area contributed by atoms with E-state index in [4.69, 9.17) is 16.7 Å². The number of amides is 1. The molecule has 0 spiro atoms. The van der Waals surface area contributed by atoms with Crippen molar-refractivity contribution < 1.29 is 27.9 Å². The number of hydrogen-bond donors (Lipinski definition) is 1. The molecule has 1 fully saturated rings. The second kappa shape index (κ2) is 10.4. The van der Waals surface area contributed by atoms with Crippen molar-refractivity contribution in [3.8, 4) is 0 Å². The third-order valence-corrected chi connectivity index (χ3v) is 7.55. The molecule has 3 heterocycles. The third kappa shape index (κ3) is 5.05. The monoisotopic (exact) mass is 534 g/mol. The Bertz CT molecular complexity index is 1370. The molecule has 0 saturated carbocycles. The van der Waals surface area contributed by atoms with Crippen molar-refractivity contribution in [2.45, 2.75) is 19.5 Å². The van der Waals surface area contributed by atoms with E-state index in [-0.39, 0.29) is 37.6 Å². The molecule has 2 aliphatic rings. The number of carbonyl (C=O) groups is 2. The minimum Gasteiger partial charge on any atom is -0.480 e. The summed E-state index contributed by atoms with van der Waals surface area (Å²) in [6.07, 6.45) is 0.521. The number of aromatic nitrogens is 1. The number of hydrogen-bond acceptors (Lipinski definition) is 4. The molecule has 1 saturated heterocycles. The first-order chi connectivity index (χ1) is 17.7. The van der Waals surface area contributed by atoms with Crippen molar-refractivity contribution in [3.63, 3.8) is 0 Å². The molecule has 0 unspecified atom stereocenters. The van der Waals surface area contributed by atoms with Crippen LogP contribution in [0.15, 0.2) is 30.3 Å². The summed E-state index contributed by atoms with van der Waals surface area (Å²) in [6.45, 7) is 3.15. The molecule has 196 valence electrons. The molecule has 1 N–H and O–H groups in total. The first-order valence-electron chi connectivity index (χ1n) is 12.1. The Morgan fingerprint density at radius 3 is 2.32 bits per heavy atom. The number of carboxylic acid groups (broad SMARTS) is 1. The number of benzene rings is 2. The van der Waals surface area contributed by atoms with Crippen LogP contribution in [-0.2, 0) is 29.1 Å². The van der Waals surface area contributed by atoms with E-state index in [1.807, 2.05) is 15.9 Å². The van der Waals surface area contributed by atoms with Crippen molar-refractivity contribution in [1.29, 1.82) is 0 Å². The second-order valence-corrected chi connectivity index (χ2v) is 9.87. The van der Waals surface area contributed by atoms with Gasteiger partial charge in [0.25, 0.3) is 0 Å². The quantitative estimate of drug-likeness (QED) is 0.491. The summed E-state index contributed by atoms with van der Waals surface area (Å²) in [7, 11) is 0. The number of carbonyl (C=O) groups excluding carboxylic acids is 1. The van der Waals surface area contributed by atoms with Gasteiger partial charge in [0.2, 0.25) is 5.91 Å². The maximum absolute atomic E-state index is 15.0. The van der Waals surface area contributed by atoms with E-state index in [9.17, 15) is 18.4 Å². The summed E-state index contributed by atoms with van der Waals surface area (Å²) in [6, 6.07) is 7.16. The molecule has 0 aliphatic carbocycles. The van der Waals surface area contributed by atoms with Crippen LogP contribution in [0.5, 0.6) is 0 Å². The molecule has 0 radical (unpaired) electrons. The van der Waals surface area contributed by atoms with Crippen LogP contribution in [0, 0.1) is 17.5 Å². The van der Waals surface area contributed by atoms with Crippen LogP contribution in [0.25, 0.3) is 10.9 Å². The number of para-hydroxylation sites is 1. The smallest absolute Gasteiger partial charge is 0.317 e. The molecule has 1 aromatic heterocycles. The van der Waals surface area contributed by atoms with Crippen molar-refractivity contribution in [2.75, 3.05) is 45.8 Å². The number of halogens is 4. The highest BCUT2D eigenvalue weighted by Gasteiger charge is 2.30. The molecule has 0 bridgehead atoms. The molecule has 7 nitrogen and oxygen atoms in total. The average molecular weight is 535 g/mol. The van der Waals surface area contributed by atoms with Crippen LogP contribution in [-0.4, -0.2) is 82.1 Å². The van der Waals surface area contributed by atoms with Crippen LogP contribution in [0.3, 0.4) is 0 Å². The molecule has 11 heteroatoms. The first kappa shape index (κ1) is 25.6. The Morgan fingerprint density at radius 1 is 0.919 bits per heavy atom. The van der Waals surface area contributed by atoms with E-state index < -0.39 is 28.4 Å². The zero-order chi connectivity index (χ0) is 26.3. The predicted octanol–water partition coefficient (Wildman–Crippen LogP) is 3.35. The van der Waals surface area contributed by atoms with E-state index in [1.54, 1.807) is 15.5 Å². The third-order valence-electron chi connectivity index (χ3n) is 7.21. The van der Waals surface area contributed by atoms with E-state index in [1.165, 1.54) is 12.1 Å². The van der Waals surface area contributed by atoms with Crippen molar-refractivity contribution in [1.82, 2.24) is 19.3 Å². The SMILES string of the molecule is O=C(O)CN1CCN(CC(=O)N2CCc3c(n(Cc4ccc(F)c(Cl)c4F)c4c(F)cccc34)C2)CC1. The summed E-state index contributed by atoms with van der Waals surface area (Å²) in [4.78, 5) is 29.7. The largest absolute Gasteiger partial charge is 0.480 e. The van der Waals surface area contributed by atoms with Gasteiger partial charge in [-0.15, -0.1) is 0 Å². The Balaban J connectivity index is 1.38. The Morgan fingerprint density at radius 2 is 1.62 bits per heavy atom. The van der Waals surface area contributed by atoms with E-state index in [0.717, 1.165) is 11.6 Å². The van der Waals surface area contributed by atoms with Crippen LogP contribution in [0.2, 0.25) is 5.02 Å². The maximum Gasteiger partial charge on any atom is 0.317 e. The standard InChI is InChI=1S/C26H26ClF3N4O3/c27-24-19(28)5-4-16(25(24)30)12-34-21-13-33(7-6-17(21)18-2-1-3-20(29)26(18)34)22(35)14-31-8-10-32(11-9-31)15-23(36)37/h1-5H,6-15H2,(H,36,37). The molecular formula is C26H26ClF3N4O3. The van der Waals surface area contributed by atoms with Gasteiger partial charge in [0, 0.05) is 49.4 Å². The van der Waals surface area contributed by atoms with Gasteiger partial charge in [0.1, 0.15) is 22.5 Å². The highest BCUT2D eigenvalue weighted by atomic mass is 35.5. The van der Waals surface area contributed by atoms with E-state index in [2.05, 4.69) is 0 Å². The highest BCUT2D eigenvalue weighted by molar-refractivity contribution is 6.30. The lowest BCUT2D eigenvalue weighted by molar-refractivity contribution is -0.139. The molecule has 0 atom stereocenters. The summed E-state index contributed by atoms with van der Waals surface area (Å²) >= 11 is 5.78. The second-order valence-electron chi connectivity index (χ2n) is 9.49. The normalized spacial score (nSPS) is 16.8. The number of fused-ring (bicyclic) bond motifs is 3. The van der Waals surface area contributed by atoms with E-state index in [0.29, 0.717) is 55.7 Å². The minimum atomic E-state index is -0.889. The maximum atomic E-state index is 15.0. The lowest BCUT2D eigenvalue weighted by Gasteiger charge is -2.35. The molecule has 2 aliphatic heterocycles. The van der Waals surface area contributed by atoms with Gasteiger partial charge in [-0.2, -0.15) is 0 Å². The summed E-state index contributed by atoms with van der Waals surface area (Å²) in [5.74, 6) is -3.17. The number of rotatable bonds is 6. The van der Waals surface area contributed by atoms with E-state index >= 15 is 4.39 Å². The van der Waals surface area contributed by atoms with Crippen LogP contribution >= 0.6 is 11.6 Å². The van der Waals surface area contributed by atoms with Gasteiger partial charge in [-0.1, -0.05) is 29.8 Å². The number of aliphatic carboxylic acids is 1. The van der Waals surface area contributed by atoms with Crippen LogP contribution < -0.4 is 0 Å². The molecule has 2 aromatic carbocycles. The molecular weight excluding hydrogens is 509 g/mol. The van der Waals surface area contributed by atoms with Gasteiger partial charge >= 0.3 is 5.97 Å². The fourth-order valence-corrected chi connectivity index (χ4v) is 5.47. The zero-order valence-corrected chi connectivity index (χ0v) is 20.8. The van der Waals surface area contributed by atoms with Gasteiger partial charge in [-0.05, 0) is 24.1 Å². The van der Waals surface area contributed by atoms with Crippen molar-refractivity contribution in [3.05, 3.63) is 69.6 Å². The number of piperazine rings is 1. The summed E-state index contributed by atoms with van der Waals surface area (Å²) in [5.41, 5.74) is 2.06. The molecule has 3 aromatic rings. The number of carboxylic acids is 1. The van der Waals surface area contributed by atoms with Gasteiger partial charge in [0.15, 0.2) is 0 Å². The Hall–Kier alpha value is -3.08. The zero-order valence-electron chi connectivity index (χ0n) is 20.0. The lowest BCUT2D eigenvalue weighted by atomic mass is 10.0. The van der Waals surface area contributed by atoms with Gasteiger partial charge in [0.05, 0.1) is 31.7 Å². The Kier molecular flexibility index (Phi) is 7.15. The average Bonchev–Trinajstić information content (AvgIpc) is 3.19. The molecule has 5 rings (SSSR count). The van der Waals surface area contributed by atoms with Crippen molar-refractivity contribution >= 4 is 34.4 Å². The molecule has 1 amide bonds. The fraction of sp³-hybridized carbons (Fsp3) is 0.385. The highest BCUT2D eigenvalue weighted by Crippen LogP contribution is 2.34. The van der Waals surface area contributed by atoms with Gasteiger partial charge < -0.3 is 14.6 Å². The summed E-state index contributed by atoms with van der Waals surface area (Å²) in [5, 5.41) is 9.07. The van der Waals surface area contributed by atoms with Crippen LogP contribution in [0.1, 0.15) is 16.8 Å². The topological polar surface area (TPSA) is 69.0 Å². The summed E-state index contributed by atoms with van der Waals surface area (Å²) < 4.78 is 45.2. The van der Waals surface area contributed by atoms with Gasteiger partial charge in [-0.3, -0.25) is 19.4 Å².